The highest BCUT2D eigenvalue weighted by Crippen LogP contribution is 2.27. The summed E-state index contributed by atoms with van der Waals surface area (Å²) in [6.45, 7) is 0. The normalized spacial score (nSPS) is 13.7. The maximum Gasteiger partial charge on any atom is 0.308 e. The number of esters is 1. The second-order valence-electron chi connectivity index (χ2n) is 3.73. The standard InChI is InChI=1S/C11H12FNO6/c1-19-9(15)5-8(14)11(16)6-3-2-4-7(10(6)12)13(17)18/h2-4,8,11,14,16H,5H2,1H3. The first-order valence-corrected chi connectivity index (χ1v) is 5.24. The molecule has 2 N–H and O–H groups in total. The minimum absolute atomic E-state index is 0.453. The fourth-order valence-corrected chi connectivity index (χ4v) is 1.48. The maximum absolute atomic E-state index is 13.7. The van der Waals surface area contributed by atoms with Crippen LogP contribution in [0.2, 0.25) is 0 Å². The molecule has 0 amide bonds. The number of hydrogen-bond acceptors (Lipinski definition) is 6. The Morgan fingerprint density at radius 1 is 1.53 bits per heavy atom. The average molecular weight is 273 g/mol. The van der Waals surface area contributed by atoms with Gasteiger partial charge in [-0.05, 0) is 0 Å². The molecule has 7 nitrogen and oxygen atoms in total. The summed E-state index contributed by atoms with van der Waals surface area (Å²) in [6, 6.07) is 3.19. The Morgan fingerprint density at radius 3 is 2.68 bits per heavy atom. The molecule has 1 aromatic carbocycles. The number of halogens is 1. The topological polar surface area (TPSA) is 110 Å². The van der Waals surface area contributed by atoms with E-state index < -0.39 is 46.6 Å². The van der Waals surface area contributed by atoms with E-state index in [0.717, 1.165) is 19.2 Å². The van der Waals surface area contributed by atoms with Gasteiger partial charge in [-0.25, -0.2) is 0 Å². The van der Waals surface area contributed by atoms with Crippen LogP contribution in [-0.2, 0) is 9.53 Å². The number of ether oxygens (including phenoxy) is 1. The lowest BCUT2D eigenvalue weighted by Crippen LogP contribution is -2.23. The smallest absolute Gasteiger partial charge is 0.308 e. The van der Waals surface area contributed by atoms with Crippen LogP contribution in [0.3, 0.4) is 0 Å². The van der Waals surface area contributed by atoms with Crippen LogP contribution in [-0.4, -0.2) is 34.3 Å². The number of methoxy groups -OCH3 is 1. The molecule has 0 saturated heterocycles. The lowest BCUT2D eigenvalue weighted by atomic mass is 10.0. The van der Waals surface area contributed by atoms with Gasteiger partial charge in [0.2, 0.25) is 5.82 Å². The zero-order valence-electron chi connectivity index (χ0n) is 9.95. The molecule has 19 heavy (non-hydrogen) atoms. The summed E-state index contributed by atoms with van der Waals surface area (Å²) in [7, 11) is 1.09. The van der Waals surface area contributed by atoms with Gasteiger partial charge in [0.15, 0.2) is 0 Å². The van der Waals surface area contributed by atoms with Crippen molar-refractivity contribution < 1.29 is 29.1 Å². The number of hydrogen-bond donors (Lipinski definition) is 2. The van der Waals surface area contributed by atoms with Gasteiger partial charge in [0.1, 0.15) is 6.10 Å². The summed E-state index contributed by atoms with van der Waals surface area (Å²) in [4.78, 5) is 20.5. The molecule has 8 heteroatoms. The summed E-state index contributed by atoms with van der Waals surface area (Å²) in [5.41, 5.74) is -1.27. The van der Waals surface area contributed by atoms with Gasteiger partial charge in [0, 0.05) is 11.6 Å². The summed E-state index contributed by atoms with van der Waals surface area (Å²) >= 11 is 0. The number of aliphatic hydroxyl groups excluding tert-OH is 2. The Labute approximate surface area is 107 Å². The van der Waals surface area contributed by atoms with Gasteiger partial charge in [-0.1, -0.05) is 12.1 Å². The van der Waals surface area contributed by atoms with E-state index in [0.29, 0.717) is 0 Å². The maximum atomic E-state index is 13.7. The molecule has 0 aromatic heterocycles. The number of benzene rings is 1. The number of carbonyl (C=O) groups excluding carboxylic acids is 1. The Hall–Kier alpha value is -2.06. The second-order valence-corrected chi connectivity index (χ2v) is 3.73. The number of nitrogens with zero attached hydrogens (tertiary/aromatic N) is 1. The van der Waals surface area contributed by atoms with E-state index in [2.05, 4.69) is 4.74 Å². The molecule has 0 radical (unpaired) electrons. The van der Waals surface area contributed by atoms with Gasteiger partial charge in [-0.15, -0.1) is 0 Å². The van der Waals surface area contributed by atoms with E-state index in [9.17, 15) is 29.5 Å². The minimum atomic E-state index is -1.76. The van der Waals surface area contributed by atoms with Crippen LogP contribution in [0.15, 0.2) is 18.2 Å². The Morgan fingerprint density at radius 2 is 2.16 bits per heavy atom. The van der Waals surface area contributed by atoms with Crippen LogP contribution in [0.25, 0.3) is 0 Å². The van der Waals surface area contributed by atoms with E-state index in [1.54, 1.807) is 0 Å². The fraction of sp³-hybridized carbons (Fsp3) is 0.364. The molecule has 0 fully saturated rings. The summed E-state index contributed by atoms with van der Waals surface area (Å²) in [5, 5.41) is 29.8. The number of carbonyl (C=O) groups is 1. The lowest BCUT2D eigenvalue weighted by molar-refractivity contribution is -0.387. The van der Waals surface area contributed by atoms with Crippen molar-refractivity contribution in [2.75, 3.05) is 7.11 Å². The summed E-state index contributed by atoms with van der Waals surface area (Å²) in [5.74, 6) is -2.04. The molecule has 2 unspecified atom stereocenters. The van der Waals surface area contributed by atoms with Crippen molar-refractivity contribution >= 4 is 11.7 Å². The Balaban J connectivity index is 2.99. The molecular formula is C11H12FNO6. The van der Waals surface area contributed by atoms with Crippen LogP contribution in [0, 0.1) is 15.9 Å². The number of nitro groups is 1. The highest BCUT2D eigenvalue weighted by Gasteiger charge is 2.28. The third kappa shape index (κ3) is 3.46. The number of nitro benzene ring substituents is 1. The molecule has 0 saturated carbocycles. The van der Waals surface area contributed by atoms with Crippen molar-refractivity contribution in [3.8, 4) is 0 Å². The first-order valence-electron chi connectivity index (χ1n) is 5.24. The van der Waals surface area contributed by atoms with E-state index >= 15 is 0 Å². The Bertz CT molecular complexity index is 492. The molecule has 0 bridgehead atoms. The van der Waals surface area contributed by atoms with Crippen molar-refractivity contribution in [3.63, 3.8) is 0 Å². The van der Waals surface area contributed by atoms with Crippen LogP contribution >= 0.6 is 0 Å². The molecule has 0 aliphatic rings. The van der Waals surface area contributed by atoms with E-state index in [1.165, 1.54) is 6.07 Å². The minimum Gasteiger partial charge on any atom is -0.469 e. The van der Waals surface area contributed by atoms with Crippen molar-refractivity contribution in [1.29, 1.82) is 0 Å². The third-order valence-corrected chi connectivity index (χ3v) is 2.49. The van der Waals surface area contributed by atoms with Crippen LogP contribution < -0.4 is 0 Å². The van der Waals surface area contributed by atoms with Crippen molar-refractivity contribution in [1.82, 2.24) is 0 Å². The van der Waals surface area contributed by atoms with Gasteiger partial charge >= 0.3 is 11.7 Å². The van der Waals surface area contributed by atoms with Gasteiger partial charge in [0.25, 0.3) is 0 Å². The number of rotatable bonds is 5. The summed E-state index contributed by atoms with van der Waals surface area (Å²) < 4.78 is 18.0. The average Bonchev–Trinajstić information content (AvgIpc) is 2.37. The molecule has 104 valence electrons. The quantitative estimate of drug-likeness (QED) is 0.464. The molecule has 0 aliphatic carbocycles. The fourth-order valence-electron chi connectivity index (χ4n) is 1.48. The van der Waals surface area contributed by atoms with Gasteiger partial charge in [-0.2, -0.15) is 4.39 Å². The SMILES string of the molecule is COC(=O)CC(O)C(O)c1cccc([N+](=O)[O-])c1F. The predicted molar refractivity (Wildman–Crippen MR) is 60.7 cm³/mol. The Kier molecular flexibility index (Phi) is 4.90. The van der Waals surface area contributed by atoms with Crippen LogP contribution in [0.1, 0.15) is 18.1 Å². The highest BCUT2D eigenvalue weighted by molar-refractivity contribution is 5.69. The van der Waals surface area contributed by atoms with E-state index in [4.69, 9.17) is 0 Å². The molecule has 0 spiro atoms. The zero-order valence-corrected chi connectivity index (χ0v) is 9.95. The third-order valence-electron chi connectivity index (χ3n) is 2.49. The van der Waals surface area contributed by atoms with Crippen molar-refractivity contribution in [2.24, 2.45) is 0 Å². The highest BCUT2D eigenvalue weighted by atomic mass is 19.1. The second kappa shape index (κ2) is 6.21. The molecule has 0 aliphatic heterocycles. The van der Waals surface area contributed by atoms with Gasteiger partial charge in [-0.3, -0.25) is 14.9 Å². The van der Waals surface area contributed by atoms with Crippen molar-refractivity contribution in [2.45, 2.75) is 18.6 Å². The summed E-state index contributed by atoms with van der Waals surface area (Å²) in [6.07, 6.45) is -3.94. The van der Waals surface area contributed by atoms with Crippen molar-refractivity contribution in [3.05, 3.63) is 39.7 Å². The first-order chi connectivity index (χ1) is 8.88. The predicted octanol–water partition coefficient (Wildman–Crippen LogP) is 0.691. The molecule has 1 aromatic rings. The monoisotopic (exact) mass is 273 g/mol. The van der Waals surface area contributed by atoms with Crippen LogP contribution in [0.4, 0.5) is 10.1 Å². The van der Waals surface area contributed by atoms with Crippen LogP contribution in [0.5, 0.6) is 0 Å². The lowest BCUT2D eigenvalue weighted by Gasteiger charge is -2.17. The van der Waals surface area contributed by atoms with E-state index in [1.807, 2.05) is 0 Å². The molecular weight excluding hydrogens is 261 g/mol. The molecule has 2 atom stereocenters. The van der Waals surface area contributed by atoms with E-state index in [-0.39, 0.29) is 0 Å². The molecule has 0 heterocycles. The largest absolute Gasteiger partial charge is 0.469 e. The zero-order chi connectivity index (χ0) is 14.6. The van der Waals surface area contributed by atoms with Gasteiger partial charge < -0.3 is 14.9 Å². The first kappa shape index (κ1) is 15.0. The van der Waals surface area contributed by atoms with Gasteiger partial charge in [0.05, 0.1) is 24.6 Å². The molecule has 1 rings (SSSR count). The number of aliphatic hydroxyl groups is 2.